The predicted molar refractivity (Wildman–Crippen MR) is 92.4 cm³/mol. The van der Waals surface area contributed by atoms with Gasteiger partial charge >= 0.3 is 0 Å². The van der Waals surface area contributed by atoms with Gasteiger partial charge in [-0.15, -0.1) is 35.3 Å². The summed E-state index contributed by atoms with van der Waals surface area (Å²) in [6, 6.07) is 3.83. The molecule has 0 atom stereocenters. The number of hydrogen-bond donors (Lipinski definition) is 3. The van der Waals surface area contributed by atoms with E-state index in [-0.39, 0.29) is 24.0 Å². The lowest BCUT2D eigenvalue weighted by Crippen LogP contribution is -2.42. The van der Waals surface area contributed by atoms with E-state index in [2.05, 4.69) is 20.3 Å². The first-order valence-electron chi connectivity index (χ1n) is 6.12. The molecule has 0 radical (unpaired) electrons. The van der Waals surface area contributed by atoms with Crippen LogP contribution in [0, 0.1) is 0 Å². The molecule has 0 aliphatic heterocycles. The number of sulfonamides is 1. The number of guanidine groups is 1. The van der Waals surface area contributed by atoms with Gasteiger partial charge in [-0.2, -0.15) is 0 Å². The van der Waals surface area contributed by atoms with Crippen LogP contribution in [-0.4, -0.2) is 40.6 Å². The molecule has 1 aliphatic rings. The van der Waals surface area contributed by atoms with Crippen LogP contribution < -0.4 is 15.4 Å². The summed E-state index contributed by atoms with van der Waals surface area (Å²) in [6.07, 6.45) is 2.34. The average molecular weight is 430 g/mol. The highest BCUT2D eigenvalue weighted by Crippen LogP contribution is 2.18. The van der Waals surface area contributed by atoms with Crippen LogP contribution in [-0.2, 0) is 10.0 Å². The Kier molecular flexibility index (Phi) is 7.20. The monoisotopic (exact) mass is 430 g/mol. The maximum atomic E-state index is 11.8. The maximum absolute atomic E-state index is 11.8. The fourth-order valence-electron chi connectivity index (χ4n) is 1.47. The molecule has 0 amide bonds. The van der Waals surface area contributed by atoms with Gasteiger partial charge in [0.05, 0.1) is 0 Å². The Morgan fingerprint density at radius 1 is 1.45 bits per heavy atom. The van der Waals surface area contributed by atoms with Crippen molar-refractivity contribution in [3.8, 4) is 0 Å². The van der Waals surface area contributed by atoms with Crippen molar-refractivity contribution >= 4 is 51.3 Å². The van der Waals surface area contributed by atoms with Crippen LogP contribution in [0.4, 0.5) is 0 Å². The number of halogens is 1. The minimum Gasteiger partial charge on any atom is -0.355 e. The molecular formula is C11H19IN4O2S2. The topological polar surface area (TPSA) is 82.6 Å². The lowest BCUT2D eigenvalue weighted by molar-refractivity contribution is 0.582. The molecule has 0 unspecified atom stereocenters. The van der Waals surface area contributed by atoms with Gasteiger partial charge in [-0.3, -0.25) is 4.99 Å². The highest BCUT2D eigenvalue weighted by molar-refractivity contribution is 14.0. The lowest BCUT2D eigenvalue weighted by atomic mass is 10.6. The van der Waals surface area contributed by atoms with E-state index in [1.54, 1.807) is 24.6 Å². The molecule has 6 nitrogen and oxygen atoms in total. The molecule has 2 rings (SSSR count). The zero-order chi connectivity index (χ0) is 13.7. The van der Waals surface area contributed by atoms with Crippen LogP contribution in [0.1, 0.15) is 12.8 Å². The Hall–Kier alpha value is -0.390. The van der Waals surface area contributed by atoms with E-state index in [9.17, 15) is 8.42 Å². The number of nitrogens with zero attached hydrogens (tertiary/aromatic N) is 1. The molecule has 1 aromatic rings. The molecule has 1 saturated carbocycles. The summed E-state index contributed by atoms with van der Waals surface area (Å²) in [4.78, 5) is 4.07. The highest BCUT2D eigenvalue weighted by Gasteiger charge is 2.22. The molecule has 0 bridgehead atoms. The van der Waals surface area contributed by atoms with E-state index >= 15 is 0 Å². The molecule has 0 spiro atoms. The second kappa shape index (κ2) is 8.15. The Morgan fingerprint density at radius 2 is 2.20 bits per heavy atom. The standard InChI is InChI=1S/C11H18N4O2S2.HI/c1-12-11(15-9-4-5-9)13-6-7-14-19(16,17)10-3-2-8-18-10;/h2-3,8-9,14H,4-7H2,1H3,(H2,12,13,15);1H. The largest absolute Gasteiger partial charge is 0.355 e. The minimum absolute atomic E-state index is 0. The van der Waals surface area contributed by atoms with Gasteiger partial charge in [0.25, 0.3) is 0 Å². The van der Waals surface area contributed by atoms with E-state index in [4.69, 9.17) is 0 Å². The van der Waals surface area contributed by atoms with E-state index in [0.29, 0.717) is 23.3 Å². The van der Waals surface area contributed by atoms with Crippen LogP contribution in [0.25, 0.3) is 0 Å². The maximum Gasteiger partial charge on any atom is 0.250 e. The number of aliphatic imine (C=N–C) groups is 1. The van der Waals surface area contributed by atoms with Crippen molar-refractivity contribution in [1.29, 1.82) is 0 Å². The fraction of sp³-hybridized carbons (Fsp3) is 0.545. The Bertz CT molecular complexity index is 527. The number of thiophene rings is 1. The second-order valence-corrected chi connectivity index (χ2v) is 7.19. The average Bonchev–Trinajstić information content (AvgIpc) is 3.02. The molecule has 1 fully saturated rings. The normalized spacial score (nSPS) is 15.6. The van der Waals surface area contributed by atoms with Crippen molar-refractivity contribution in [2.75, 3.05) is 20.1 Å². The Labute approximate surface area is 140 Å². The van der Waals surface area contributed by atoms with Crippen LogP contribution >= 0.6 is 35.3 Å². The SMILES string of the molecule is CN=C(NCCNS(=O)(=O)c1cccs1)NC1CC1.I. The van der Waals surface area contributed by atoms with Crippen molar-refractivity contribution in [2.24, 2.45) is 4.99 Å². The summed E-state index contributed by atoms with van der Waals surface area (Å²) >= 11 is 1.21. The molecule has 1 heterocycles. The summed E-state index contributed by atoms with van der Waals surface area (Å²) in [6.45, 7) is 0.822. The summed E-state index contributed by atoms with van der Waals surface area (Å²) in [5, 5.41) is 8.05. The first-order valence-corrected chi connectivity index (χ1v) is 8.48. The molecular weight excluding hydrogens is 411 g/mol. The van der Waals surface area contributed by atoms with Gasteiger partial charge in [0.1, 0.15) is 4.21 Å². The van der Waals surface area contributed by atoms with Crippen molar-refractivity contribution < 1.29 is 8.42 Å². The molecule has 1 aliphatic carbocycles. The predicted octanol–water partition coefficient (Wildman–Crippen LogP) is 0.972. The zero-order valence-corrected chi connectivity index (χ0v) is 15.1. The summed E-state index contributed by atoms with van der Waals surface area (Å²) < 4.78 is 26.5. The van der Waals surface area contributed by atoms with Gasteiger partial charge in [-0.05, 0) is 24.3 Å². The van der Waals surface area contributed by atoms with E-state index < -0.39 is 10.0 Å². The van der Waals surface area contributed by atoms with Crippen molar-refractivity contribution in [3.05, 3.63) is 17.5 Å². The van der Waals surface area contributed by atoms with E-state index in [1.807, 2.05) is 0 Å². The summed E-state index contributed by atoms with van der Waals surface area (Å²) in [7, 11) is -1.66. The molecule has 3 N–H and O–H groups in total. The van der Waals surface area contributed by atoms with Crippen molar-refractivity contribution in [2.45, 2.75) is 23.1 Å². The zero-order valence-electron chi connectivity index (χ0n) is 11.1. The van der Waals surface area contributed by atoms with Gasteiger partial charge in [-0.1, -0.05) is 6.07 Å². The van der Waals surface area contributed by atoms with Crippen molar-refractivity contribution in [3.63, 3.8) is 0 Å². The number of nitrogens with one attached hydrogen (secondary N) is 3. The third-order valence-corrected chi connectivity index (χ3v) is 5.47. The molecule has 9 heteroatoms. The Balaban J connectivity index is 0.00000200. The summed E-state index contributed by atoms with van der Waals surface area (Å²) in [5.74, 6) is 0.720. The first-order chi connectivity index (χ1) is 9.12. The van der Waals surface area contributed by atoms with Gasteiger partial charge in [-0.25, -0.2) is 13.1 Å². The van der Waals surface area contributed by atoms with E-state index in [0.717, 1.165) is 5.96 Å². The third kappa shape index (κ3) is 5.54. The van der Waals surface area contributed by atoms with Crippen LogP contribution in [0.15, 0.2) is 26.7 Å². The molecule has 0 aromatic carbocycles. The number of rotatable bonds is 6. The highest BCUT2D eigenvalue weighted by atomic mass is 127. The van der Waals surface area contributed by atoms with Gasteiger partial charge in [0, 0.05) is 26.2 Å². The molecule has 114 valence electrons. The van der Waals surface area contributed by atoms with Gasteiger partial charge in [0.15, 0.2) is 5.96 Å². The molecule has 1 aromatic heterocycles. The fourth-order valence-corrected chi connectivity index (χ4v) is 3.54. The van der Waals surface area contributed by atoms with E-state index in [1.165, 1.54) is 24.2 Å². The second-order valence-electron chi connectivity index (χ2n) is 4.25. The minimum atomic E-state index is -3.36. The quantitative estimate of drug-likeness (QED) is 0.272. The number of hydrogen-bond acceptors (Lipinski definition) is 4. The van der Waals surface area contributed by atoms with Gasteiger partial charge < -0.3 is 10.6 Å². The first kappa shape index (κ1) is 17.7. The van der Waals surface area contributed by atoms with Crippen LogP contribution in [0.2, 0.25) is 0 Å². The van der Waals surface area contributed by atoms with Crippen LogP contribution in [0.5, 0.6) is 0 Å². The molecule has 20 heavy (non-hydrogen) atoms. The third-order valence-electron chi connectivity index (χ3n) is 2.61. The summed E-state index contributed by atoms with van der Waals surface area (Å²) in [5.41, 5.74) is 0. The lowest BCUT2D eigenvalue weighted by Gasteiger charge is -2.11. The molecule has 0 saturated heterocycles. The Morgan fingerprint density at radius 3 is 2.75 bits per heavy atom. The van der Waals surface area contributed by atoms with Gasteiger partial charge in [0.2, 0.25) is 10.0 Å². The smallest absolute Gasteiger partial charge is 0.250 e. The van der Waals surface area contributed by atoms with Crippen molar-refractivity contribution in [1.82, 2.24) is 15.4 Å². The van der Waals surface area contributed by atoms with Crippen LogP contribution in [0.3, 0.4) is 0 Å².